The summed E-state index contributed by atoms with van der Waals surface area (Å²) in [4.78, 5) is 3.61. The van der Waals surface area contributed by atoms with Crippen LogP contribution in [0.1, 0.15) is 22.5 Å². The smallest absolute Gasteiger partial charge is 0.419 e. The molecular weight excluding hydrogens is 372 g/mol. The third kappa shape index (κ3) is 3.74. The molecule has 0 aliphatic rings. The quantitative estimate of drug-likeness (QED) is 0.695. The molecule has 0 saturated heterocycles. The predicted molar refractivity (Wildman–Crippen MR) is 86.5 cm³/mol. The van der Waals surface area contributed by atoms with Gasteiger partial charge in [0.2, 0.25) is 4.90 Å². The van der Waals surface area contributed by atoms with Crippen molar-refractivity contribution in [3.05, 3.63) is 44.7 Å². The molecule has 0 bridgehead atoms. The molecule has 0 spiro atoms. The average Bonchev–Trinajstić information content (AvgIpc) is 2.60. The molecule has 3 nitrogen and oxygen atoms in total. The lowest BCUT2D eigenvalue weighted by molar-refractivity contribution is -0.137. The van der Waals surface area contributed by atoms with E-state index in [2.05, 4.69) is 9.71 Å². The summed E-state index contributed by atoms with van der Waals surface area (Å²) in [5.74, 6) is 0. The van der Waals surface area contributed by atoms with Crippen molar-refractivity contribution in [2.45, 2.75) is 31.8 Å². The standard InChI is InChI=1S/C14H13Cl2F3N2OS/c1-6-7(2)20-8(3)13(6)23(22)21-9-4-10(15)12(11(16)5-9)14(17,18)19/h4-5,20-21H,1-3H3. The van der Waals surface area contributed by atoms with Crippen molar-refractivity contribution in [2.24, 2.45) is 0 Å². The largest absolute Gasteiger partial charge is 0.588 e. The van der Waals surface area contributed by atoms with Crippen LogP contribution < -0.4 is 4.72 Å². The van der Waals surface area contributed by atoms with Crippen LogP contribution in [0.15, 0.2) is 17.0 Å². The van der Waals surface area contributed by atoms with Crippen LogP contribution in [-0.4, -0.2) is 9.54 Å². The normalized spacial score (nSPS) is 13.3. The van der Waals surface area contributed by atoms with Gasteiger partial charge >= 0.3 is 6.18 Å². The lowest BCUT2D eigenvalue weighted by Gasteiger charge is -2.15. The van der Waals surface area contributed by atoms with Gasteiger partial charge in [-0.15, -0.1) is 0 Å². The Balaban J connectivity index is 2.34. The van der Waals surface area contributed by atoms with E-state index in [1.165, 1.54) is 0 Å². The van der Waals surface area contributed by atoms with Gasteiger partial charge in [-0.2, -0.15) is 13.2 Å². The first-order valence-electron chi connectivity index (χ1n) is 6.42. The summed E-state index contributed by atoms with van der Waals surface area (Å²) in [7, 11) is 0. The van der Waals surface area contributed by atoms with Gasteiger partial charge in [0.05, 0.1) is 27.0 Å². The Morgan fingerprint density at radius 1 is 1.09 bits per heavy atom. The van der Waals surface area contributed by atoms with Gasteiger partial charge in [0.1, 0.15) is 11.4 Å². The molecule has 2 N–H and O–H groups in total. The molecule has 0 fully saturated rings. The SMILES string of the molecule is Cc1[nH]c(C)c([S+]([O-])Nc2cc(Cl)c(C(F)(F)F)c(Cl)c2)c1C. The number of aromatic amines is 1. The van der Waals surface area contributed by atoms with Crippen LogP contribution in [0.5, 0.6) is 0 Å². The Bertz CT molecular complexity index is 723. The highest BCUT2D eigenvalue weighted by Crippen LogP contribution is 2.41. The van der Waals surface area contributed by atoms with E-state index in [1.807, 2.05) is 6.92 Å². The van der Waals surface area contributed by atoms with Crippen molar-refractivity contribution in [1.82, 2.24) is 4.98 Å². The number of H-pyrrole nitrogens is 1. The summed E-state index contributed by atoms with van der Waals surface area (Å²) in [5, 5.41) is -1.11. The van der Waals surface area contributed by atoms with Gasteiger partial charge in [0, 0.05) is 11.3 Å². The van der Waals surface area contributed by atoms with Crippen LogP contribution in [-0.2, 0) is 17.5 Å². The molecule has 2 rings (SSSR count). The van der Waals surface area contributed by atoms with Crippen molar-refractivity contribution in [2.75, 3.05) is 4.72 Å². The topological polar surface area (TPSA) is 50.9 Å². The van der Waals surface area contributed by atoms with Gasteiger partial charge in [-0.25, -0.2) is 4.72 Å². The van der Waals surface area contributed by atoms with Crippen LogP contribution in [0.3, 0.4) is 0 Å². The van der Waals surface area contributed by atoms with E-state index in [0.29, 0.717) is 4.90 Å². The molecule has 0 saturated carbocycles. The van der Waals surface area contributed by atoms with E-state index in [9.17, 15) is 17.7 Å². The number of alkyl halides is 3. The molecule has 1 unspecified atom stereocenters. The fourth-order valence-corrected chi connectivity index (χ4v) is 4.12. The van der Waals surface area contributed by atoms with E-state index >= 15 is 0 Å². The van der Waals surface area contributed by atoms with Crippen LogP contribution >= 0.6 is 23.2 Å². The second-order valence-electron chi connectivity index (χ2n) is 5.01. The van der Waals surface area contributed by atoms with Gasteiger partial charge in [-0.3, -0.25) is 0 Å². The van der Waals surface area contributed by atoms with Crippen LogP contribution in [0.25, 0.3) is 0 Å². The summed E-state index contributed by atoms with van der Waals surface area (Å²) in [6, 6.07) is 2.11. The molecule has 2 aromatic rings. The van der Waals surface area contributed by atoms with E-state index in [0.717, 1.165) is 29.1 Å². The Morgan fingerprint density at radius 2 is 1.61 bits per heavy atom. The highest BCUT2D eigenvalue weighted by molar-refractivity contribution is 7.92. The van der Waals surface area contributed by atoms with E-state index in [4.69, 9.17) is 23.2 Å². The molecule has 126 valence electrons. The van der Waals surface area contributed by atoms with Crippen LogP contribution in [0.2, 0.25) is 10.0 Å². The lowest BCUT2D eigenvalue weighted by atomic mass is 10.2. The Hall–Kier alpha value is -1.02. The first-order valence-corrected chi connectivity index (χ1v) is 8.33. The molecule has 1 atom stereocenters. The first-order chi connectivity index (χ1) is 10.5. The fraction of sp³-hybridized carbons (Fsp3) is 0.286. The van der Waals surface area contributed by atoms with Gasteiger partial charge in [0.25, 0.3) is 0 Å². The zero-order valence-electron chi connectivity index (χ0n) is 12.4. The van der Waals surface area contributed by atoms with Crippen molar-refractivity contribution in [3.63, 3.8) is 0 Å². The number of rotatable bonds is 3. The van der Waals surface area contributed by atoms with Crippen LogP contribution in [0.4, 0.5) is 18.9 Å². The van der Waals surface area contributed by atoms with Gasteiger partial charge < -0.3 is 9.54 Å². The Morgan fingerprint density at radius 3 is 2.00 bits per heavy atom. The lowest BCUT2D eigenvalue weighted by Crippen LogP contribution is -2.15. The molecular formula is C14H13Cl2F3N2OS. The summed E-state index contributed by atoms with van der Waals surface area (Å²) in [5.41, 5.74) is 1.44. The monoisotopic (exact) mass is 384 g/mol. The maximum absolute atomic E-state index is 12.8. The summed E-state index contributed by atoms with van der Waals surface area (Å²) in [6.45, 7) is 5.41. The number of aromatic nitrogens is 1. The number of hydrogen-bond donors (Lipinski definition) is 2. The van der Waals surface area contributed by atoms with Crippen molar-refractivity contribution in [1.29, 1.82) is 0 Å². The fourth-order valence-electron chi connectivity index (χ4n) is 2.22. The minimum absolute atomic E-state index is 0.143. The number of halogens is 5. The van der Waals surface area contributed by atoms with Crippen molar-refractivity contribution < 1.29 is 17.7 Å². The average molecular weight is 385 g/mol. The number of nitrogens with one attached hydrogen (secondary N) is 2. The van der Waals surface area contributed by atoms with Crippen molar-refractivity contribution >= 4 is 40.3 Å². The first kappa shape index (κ1) is 18.3. The zero-order valence-corrected chi connectivity index (χ0v) is 14.7. The molecule has 23 heavy (non-hydrogen) atoms. The number of benzene rings is 1. The highest BCUT2D eigenvalue weighted by Gasteiger charge is 2.36. The Kier molecular flexibility index (Phi) is 5.15. The number of hydrogen-bond acceptors (Lipinski definition) is 2. The molecule has 1 aromatic carbocycles. The molecule has 0 amide bonds. The van der Waals surface area contributed by atoms with Crippen molar-refractivity contribution in [3.8, 4) is 0 Å². The highest BCUT2D eigenvalue weighted by atomic mass is 35.5. The molecule has 0 radical (unpaired) electrons. The summed E-state index contributed by atoms with van der Waals surface area (Å²) < 4.78 is 53.5. The Labute approximate surface area is 144 Å². The van der Waals surface area contributed by atoms with E-state index in [1.54, 1.807) is 13.8 Å². The van der Waals surface area contributed by atoms with Gasteiger partial charge in [0.15, 0.2) is 0 Å². The molecule has 0 aliphatic heterocycles. The number of anilines is 1. The minimum Gasteiger partial charge on any atom is -0.588 e. The summed E-state index contributed by atoms with van der Waals surface area (Å²) in [6.07, 6.45) is -4.66. The predicted octanol–water partition coefficient (Wildman–Crippen LogP) is 5.40. The maximum Gasteiger partial charge on any atom is 0.419 e. The maximum atomic E-state index is 12.8. The van der Waals surface area contributed by atoms with E-state index < -0.39 is 33.1 Å². The number of aryl methyl sites for hydroxylation is 2. The second-order valence-corrected chi connectivity index (χ2v) is 6.98. The zero-order chi connectivity index (χ0) is 17.5. The third-order valence-corrected chi connectivity index (χ3v) is 5.34. The summed E-state index contributed by atoms with van der Waals surface area (Å²) >= 11 is 9.67. The molecule has 1 aromatic heterocycles. The van der Waals surface area contributed by atoms with Gasteiger partial charge in [-0.1, -0.05) is 23.2 Å². The van der Waals surface area contributed by atoms with Crippen LogP contribution in [0, 0.1) is 20.8 Å². The minimum atomic E-state index is -4.66. The molecule has 0 aliphatic carbocycles. The molecule has 9 heteroatoms. The third-order valence-electron chi connectivity index (χ3n) is 3.34. The van der Waals surface area contributed by atoms with Gasteiger partial charge in [-0.05, 0) is 32.9 Å². The second kappa shape index (κ2) is 6.47. The molecule has 1 heterocycles. The van der Waals surface area contributed by atoms with E-state index in [-0.39, 0.29) is 5.69 Å².